The van der Waals surface area contributed by atoms with Crippen LogP contribution in [0.5, 0.6) is 0 Å². The maximum Gasteiger partial charge on any atom is 0.175 e. The molecule has 0 saturated heterocycles. The number of imidazole rings is 1. The van der Waals surface area contributed by atoms with Crippen molar-refractivity contribution in [2.75, 3.05) is 12.0 Å². The van der Waals surface area contributed by atoms with Gasteiger partial charge in [-0.2, -0.15) is 0 Å². The fourth-order valence-electron chi connectivity index (χ4n) is 2.66. The molecule has 0 amide bonds. The highest BCUT2D eigenvalue weighted by molar-refractivity contribution is 7.90. The smallest absolute Gasteiger partial charge is 0.175 e. The molecule has 0 radical (unpaired) electrons. The molecule has 1 aromatic carbocycles. The number of aromatic nitrogens is 2. The van der Waals surface area contributed by atoms with Crippen LogP contribution in [-0.4, -0.2) is 24.2 Å². The third-order valence-electron chi connectivity index (χ3n) is 3.72. The van der Waals surface area contributed by atoms with Gasteiger partial charge in [0.25, 0.3) is 0 Å². The minimum absolute atomic E-state index is 0.243. The average molecular weight is 291 g/mol. The van der Waals surface area contributed by atoms with E-state index in [1.165, 1.54) is 24.4 Å². The second-order valence-electron chi connectivity index (χ2n) is 5.21. The highest BCUT2D eigenvalue weighted by atomic mass is 32.2. The first-order valence-electron chi connectivity index (χ1n) is 6.62. The quantitative estimate of drug-likeness (QED) is 0.855. The minimum atomic E-state index is -3.23. The molecule has 6 heteroatoms. The number of nitrogen functional groups attached to an aromatic ring is 1. The highest BCUT2D eigenvalue weighted by Gasteiger charge is 2.18. The summed E-state index contributed by atoms with van der Waals surface area (Å²) in [6.07, 6.45) is 7.28. The Bertz CT molecular complexity index is 763. The molecule has 20 heavy (non-hydrogen) atoms. The lowest BCUT2D eigenvalue weighted by molar-refractivity contribution is 0.602. The number of nitrogens with two attached hydrogens (primary N) is 1. The molecule has 2 aromatic rings. The van der Waals surface area contributed by atoms with Crippen molar-refractivity contribution in [3.63, 3.8) is 0 Å². The first kappa shape index (κ1) is 13.2. The Hall–Kier alpha value is -1.82. The Morgan fingerprint density at radius 1 is 1.25 bits per heavy atom. The maximum atomic E-state index is 11.5. The number of hydrogen-bond donors (Lipinski definition) is 1. The largest absolute Gasteiger partial charge is 0.397 e. The molecule has 106 valence electrons. The van der Waals surface area contributed by atoms with Gasteiger partial charge in [0.05, 0.1) is 28.3 Å². The summed E-state index contributed by atoms with van der Waals surface area (Å²) in [7, 11) is -3.23. The van der Waals surface area contributed by atoms with Crippen molar-refractivity contribution >= 4 is 15.5 Å². The van der Waals surface area contributed by atoms with E-state index in [9.17, 15) is 8.42 Å². The van der Waals surface area contributed by atoms with E-state index in [0.717, 1.165) is 30.6 Å². The van der Waals surface area contributed by atoms with E-state index >= 15 is 0 Å². The van der Waals surface area contributed by atoms with Gasteiger partial charge in [-0.1, -0.05) is 0 Å². The molecule has 3 rings (SSSR count). The highest BCUT2D eigenvalue weighted by Crippen LogP contribution is 2.27. The molecule has 0 unspecified atom stereocenters. The topological polar surface area (TPSA) is 78.0 Å². The first-order chi connectivity index (χ1) is 9.47. The van der Waals surface area contributed by atoms with E-state index in [1.54, 1.807) is 18.5 Å². The van der Waals surface area contributed by atoms with Gasteiger partial charge >= 0.3 is 0 Å². The minimum Gasteiger partial charge on any atom is -0.397 e. The molecule has 1 aromatic heterocycles. The molecule has 0 bridgehead atoms. The van der Waals surface area contributed by atoms with Crippen LogP contribution in [0.25, 0.3) is 5.69 Å². The normalized spacial score (nSPS) is 15.1. The fourth-order valence-corrected chi connectivity index (χ4v) is 3.32. The third kappa shape index (κ3) is 2.20. The monoisotopic (exact) mass is 291 g/mol. The van der Waals surface area contributed by atoms with Crippen LogP contribution in [0, 0.1) is 0 Å². The molecule has 5 nitrogen and oxygen atoms in total. The zero-order valence-electron chi connectivity index (χ0n) is 11.3. The number of benzene rings is 1. The van der Waals surface area contributed by atoms with Crippen LogP contribution in [0.15, 0.2) is 29.4 Å². The Labute approximate surface area is 118 Å². The van der Waals surface area contributed by atoms with Gasteiger partial charge in [-0.3, -0.25) is 0 Å². The summed E-state index contributed by atoms with van der Waals surface area (Å²) < 4.78 is 25.1. The Kier molecular flexibility index (Phi) is 3.05. The van der Waals surface area contributed by atoms with Crippen molar-refractivity contribution in [2.24, 2.45) is 0 Å². The molecule has 0 saturated carbocycles. The molecular formula is C14H17N3O2S. The van der Waals surface area contributed by atoms with Gasteiger partial charge in [0, 0.05) is 11.9 Å². The van der Waals surface area contributed by atoms with Gasteiger partial charge in [0.15, 0.2) is 9.84 Å². The first-order valence-corrected chi connectivity index (χ1v) is 8.51. The number of anilines is 1. The van der Waals surface area contributed by atoms with E-state index in [1.807, 2.05) is 4.57 Å². The number of aryl methyl sites for hydroxylation is 1. The predicted molar refractivity (Wildman–Crippen MR) is 77.7 cm³/mol. The summed E-state index contributed by atoms with van der Waals surface area (Å²) in [5, 5.41) is 0. The fraction of sp³-hybridized carbons (Fsp3) is 0.357. The second kappa shape index (κ2) is 4.63. The molecule has 2 N–H and O–H groups in total. The molecular weight excluding hydrogens is 274 g/mol. The van der Waals surface area contributed by atoms with Crippen molar-refractivity contribution in [1.82, 2.24) is 9.55 Å². The molecule has 0 spiro atoms. The molecule has 1 aliphatic rings. The molecule has 0 aliphatic heterocycles. The van der Waals surface area contributed by atoms with Crippen molar-refractivity contribution < 1.29 is 8.42 Å². The van der Waals surface area contributed by atoms with E-state index < -0.39 is 9.84 Å². The maximum absolute atomic E-state index is 11.5. The Balaban J connectivity index is 2.09. The molecule has 1 aliphatic carbocycles. The van der Waals surface area contributed by atoms with Gasteiger partial charge in [-0.05, 0) is 43.9 Å². The zero-order valence-corrected chi connectivity index (χ0v) is 12.2. The number of rotatable bonds is 2. The van der Waals surface area contributed by atoms with Crippen LogP contribution in [0.2, 0.25) is 0 Å². The van der Waals surface area contributed by atoms with Crippen LogP contribution in [0.4, 0.5) is 5.69 Å². The standard InChI is InChI=1S/C14H17N3O2S/c1-20(18,19)10-6-7-13(11(15)8-10)17-9-16-12-4-2-3-5-14(12)17/h6-9H,2-5,15H2,1H3. The van der Waals surface area contributed by atoms with Crippen LogP contribution < -0.4 is 5.73 Å². The van der Waals surface area contributed by atoms with Gasteiger partial charge in [-0.15, -0.1) is 0 Å². The summed E-state index contributed by atoms with van der Waals surface area (Å²) >= 11 is 0. The lowest BCUT2D eigenvalue weighted by atomic mass is 10.0. The number of fused-ring (bicyclic) bond motifs is 1. The lowest BCUT2D eigenvalue weighted by Gasteiger charge is -2.15. The van der Waals surface area contributed by atoms with Crippen LogP contribution in [0.1, 0.15) is 24.2 Å². The van der Waals surface area contributed by atoms with E-state index in [-0.39, 0.29) is 4.90 Å². The van der Waals surface area contributed by atoms with Gasteiger partial charge in [-0.25, -0.2) is 13.4 Å². The van der Waals surface area contributed by atoms with Crippen LogP contribution in [-0.2, 0) is 22.7 Å². The van der Waals surface area contributed by atoms with Crippen LogP contribution in [0.3, 0.4) is 0 Å². The lowest BCUT2D eigenvalue weighted by Crippen LogP contribution is -2.09. The van der Waals surface area contributed by atoms with E-state index in [2.05, 4.69) is 4.98 Å². The van der Waals surface area contributed by atoms with E-state index in [4.69, 9.17) is 5.73 Å². The molecule has 1 heterocycles. The second-order valence-corrected chi connectivity index (χ2v) is 7.22. The molecule has 0 atom stereocenters. The SMILES string of the molecule is CS(=O)(=O)c1ccc(-n2cnc3c2CCCC3)c(N)c1. The third-order valence-corrected chi connectivity index (χ3v) is 4.83. The summed E-state index contributed by atoms with van der Waals surface area (Å²) in [4.78, 5) is 4.68. The van der Waals surface area contributed by atoms with Crippen molar-refractivity contribution in [1.29, 1.82) is 0 Å². The van der Waals surface area contributed by atoms with Gasteiger partial charge < -0.3 is 10.3 Å². The number of hydrogen-bond acceptors (Lipinski definition) is 4. The zero-order chi connectivity index (χ0) is 14.3. The van der Waals surface area contributed by atoms with Gasteiger partial charge in [0.1, 0.15) is 0 Å². The summed E-state index contributed by atoms with van der Waals surface area (Å²) in [6.45, 7) is 0. The summed E-state index contributed by atoms with van der Waals surface area (Å²) in [5.41, 5.74) is 9.60. The van der Waals surface area contributed by atoms with Crippen LogP contribution >= 0.6 is 0 Å². The van der Waals surface area contributed by atoms with Crippen molar-refractivity contribution in [3.8, 4) is 5.69 Å². The Morgan fingerprint density at radius 3 is 2.70 bits per heavy atom. The number of nitrogens with zero attached hydrogens (tertiary/aromatic N) is 2. The van der Waals surface area contributed by atoms with Gasteiger partial charge in [0.2, 0.25) is 0 Å². The number of sulfone groups is 1. The Morgan fingerprint density at radius 2 is 2.00 bits per heavy atom. The van der Waals surface area contributed by atoms with Crippen molar-refractivity contribution in [3.05, 3.63) is 35.9 Å². The molecule has 0 fully saturated rings. The summed E-state index contributed by atoms with van der Waals surface area (Å²) in [6, 6.07) is 4.86. The summed E-state index contributed by atoms with van der Waals surface area (Å²) in [5.74, 6) is 0. The van der Waals surface area contributed by atoms with Crippen molar-refractivity contribution in [2.45, 2.75) is 30.6 Å². The van der Waals surface area contributed by atoms with E-state index in [0.29, 0.717) is 5.69 Å². The average Bonchev–Trinajstić information content (AvgIpc) is 2.81. The predicted octanol–water partition coefficient (Wildman–Crippen LogP) is 1.74.